The van der Waals surface area contributed by atoms with Gasteiger partial charge in [0.1, 0.15) is 5.92 Å². The van der Waals surface area contributed by atoms with Crippen LogP contribution in [0.25, 0.3) is 0 Å². The van der Waals surface area contributed by atoms with Gasteiger partial charge >= 0.3 is 5.97 Å². The number of hydrogen-bond acceptors (Lipinski definition) is 3. The molecule has 0 fully saturated rings. The van der Waals surface area contributed by atoms with Crippen LogP contribution in [0.15, 0.2) is 11.4 Å². The summed E-state index contributed by atoms with van der Waals surface area (Å²) in [6.45, 7) is 4.06. The lowest BCUT2D eigenvalue weighted by Gasteiger charge is -2.10. The predicted octanol–water partition coefficient (Wildman–Crippen LogP) is 1.78. The van der Waals surface area contributed by atoms with Gasteiger partial charge in [-0.1, -0.05) is 6.92 Å². The molecule has 1 aromatic rings. The number of rotatable bonds is 5. The number of carbonyl (C=O) groups excluding carboxylic acids is 1. The minimum atomic E-state index is -1.07. The number of aliphatic carboxylic acids is 1. The predicted molar refractivity (Wildman–Crippen MR) is 62.3 cm³/mol. The molecule has 0 aliphatic heterocycles. The third kappa shape index (κ3) is 3.06. The van der Waals surface area contributed by atoms with Crippen molar-refractivity contribution in [3.8, 4) is 0 Å². The van der Waals surface area contributed by atoms with Crippen LogP contribution in [0, 0.1) is 12.8 Å². The molecule has 0 bridgehead atoms. The van der Waals surface area contributed by atoms with E-state index in [1.165, 1.54) is 0 Å². The van der Waals surface area contributed by atoms with Crippen LogP contribution < -0.4 is 5.32 Å². The maximum Gasteiger partial charge on any atom is 0.316 e. The van der Waals surface area contributed by atoms with Gasteiger partial charge in [-0.15, -0.1) is 11.3 Å². The van der Waals surface area contributed by atoms with Gasteiger partial charge in [-0.25, -0.2) is 0 Å². The second kappa shape index (κ2) is 5.65. The van der Waals surface area contributed by atoms with Crippen LogP contribution in [0.3, 0.4) is 0 Å². The third-order valence-electron chi connectivity index (χ3n) is 2.41. The Bertz CT molecular complexity index is 386. The number of carboxylic acids is 1. The van der Waals surface area contributed by atoms with Gasteiger partial charge in [-0.05, 0) is 30.4 Å². The molecule has 1 unspecified atom stereocenters. The van der Waals surface area contributed by atoms with E-state index < -0.39 is 17.8 Å². The fraction of sp³-hybridized carbons (Fsp3) is 0.455. The molecule has 88 valence electrons. The fourth-order valence-corrected chi connectivity index (χ4v) is 2.19. The van der Waals surface area contributed by atoms with Crippen LogP contribution >= 0.6 is 11.3 Å². The highest BCUT2D eigenvalue weighted by Gasteiger charge is 2.23. The van der Waals surface area contributed by atoms with Crippen LogP contribution in [-0.4, -0.2) is 17.0 Å². The van der Waals surface area contributed by atoms with Crippen LogP contribution in [0.4, 0.5) is 0 Å². The van der Waals surface area contributed by atoms with E-state index in [0.29, 0.717) is 13.0 Å². The first-order valence-electron chi connectivity index (χ1n) is 5.09. The van der Waals surface area contributed by atoms with Gasteiger partial charge in [0.2, 0.25) is 5.91 Å². The lowest BCUT2D eigenvalue weighted by molar-refractivity contribution is -0.147. The summed E-state index contributed by atoms with van der Waals surface area (Å²) in [5.74, 6) is -2.43. The molecule has 0 saturated carbocycles. The van der Waals surface area contributed by atoms with Gasteiger partial charge < -0.3 is 10.4 Å². The van der Waals surface area contributed by atoms with Crippen molar-refractivity contribution in [3.63, 3.8) is 0 Å². The second-order valence-corrected chi connectivity index (χ2v) is 4.54. The zero-order valence-electron chi connectivity index (χ0n) is 9.32. The summed E-state index contributed by atoms with van der Waals surface area (Å²) < 4.78 is 0. The monoisotopic (exact) mass is 241 g/mol. The first kappa shape index (κ1) is 12.7. The number of carboxylic acid groups (broad SMARTS) is 1. The van der Waals surface area contributed by atoms with E-state index in [0.717, 1.165) is 10.4 Å². The minimum absolute atomic E-state index is 0.310. The molecule has 16 heavy (non-hydrogen) atoms. The first-order valence-corrected chi connectivity index (χ1v) is 5.97. The molecule has 0 saturated heterocycles. The van der Waals surface area contributed by atoms with Crippen LogP contribution in [0.2, 0.25) is 0 Å². The van der Waals surface area contributed by atoms with Gasteiger partial charge in [0.05, 0.1) is 6.54 Å². The van der Waals surface area contributed by atoms with E-state index in [2.05, 4.69) is 5.32 Å². The molecular formula is C11H15NO3S. The highest BCUT2D eigenvalue weighted by atomic mass is 32.1. The molecule has 0 aliphatic carbocycles. The van der Waals surface area contributed by atoms with Gasteiger partial charge in [-0.2, -0.15) is 0 Å². The molecule has 4 nitrogen and oxygen atoms in total. The van der Waals surface area contributed by atoms with E-state index >= 15 is 0 Å². The standard InChI is InChI=1S/C11H15NO3S/c1-3-8(11(14)15)10(13)12-6-9-7(2)4-5-16-9/h4-5,8H,3,6H2,1-2H3,(H,12,13)(H,14,15). The zero-order valence-corrected chi connectivity index (χ0v) is 10.1. The normalized spacial score (nSPS) is 12.1. The number of aryl methyl sites for hydroxylation is 1. The van der Waals surface area contributed by atoms with Crippen molar-refractivity contribution in [3.05, 3.63) is 21.9 Å². The zero-order chi connectivity index (χ0) is 12.1. The molecule has 1 amide bonds. The average Bonchev–Trinajstić information content (AvgIpc) is 2.61. The quantitative estimate of drug-likeness (QED) is 0.772. The Balaban J connectivity index is 2.52. The average molecular weight is 241 g/mol. The smallest absolute Gasteiger partial charge is 0.316 e. The summed E-state index contributed by atoms with van der Waals surface area (Å²) in [6.07, 6.45) is 0.310. The Hall–Kier alpha value is -1.36. The SMILES string of the molecule is CCC(C(=O)O)C(=O)NCc1sccc1C. The lowest BCUT2D eigenvalue weighted by atomic mass is 10.1. The summed E-state index contributed by atoms with van der Waals surface area (Å²) in [5.41, 5.74) is 1.12. The maximum atomic E-state index is 11.5. The number of hydrogen-bond donors (Lipinski definition) is 2. The van der Waals surface area contributed by atoms with Gasteiger partial charge in [0.15, 0.2) is 0 Å². The molecule has 0 spiro atoms. The Morgan fingerprint density at radius 3 is 2.69 bits per heavy atom. The van der Waals surface area contributed by atoms with Crippen LogP contribution in [-0.2, 0) is 16.1 Å². The van der Waals surface area contributed by atoms with Crippen molar-refractivity contribution < 1.29 is 14.7 Å². The van der Waals surface area contributed by atoms with E-state index in [9.17, 15) is 9.59 Å². The first-order chi connectivity index (χ1) is 7.56. The van der Waals surface area contributed by atoms with E-state index in [-0.39, 0.29) is 0 Å². The summed E-state index contributed by atoms with van der Waals surface area (Å²) in [7, 11) is 0. The Morgan fingerprint density at radius 2 is 2.25 bits per heavy atom. The largest absolute Gasteiger partial charge is 0.481 e. The summed E-state index contributed by atoms with van der Waals surface area (Å²) >= 11 is 1.56. The molecular weight excluding hydrogens is 226 g/mol. The summed E-state index contributed by atoms with van der Waals surface area (Å²) in [6, 6.07) is 1.97. The van der Waals surface area contributed by atoms with E-state index in [1.54, 1.807) is 18.3 Å². The molecule has 5 heteroatoms. The second-order valence-electron chi connectivity index (χ2n) is 3.54. The Kier molecular flexibility index (Phi) is 4.49. The maximum absolute atomic E-state index is 11.5. The molecule has 1 aromatic heterocycles. The minimum Gasteiger partial charge on any atom is -0.481 e. The number of amides is 1. The molecule has 0 aromatic carbocycles. The molecule has 1 atom stereocenters. The highest BCUT2D eigenvalue weighted by Crippen LogP contribution is 2.15. The van der Waals surface area contributed by atoms with Gasteiger partial charge in [0, 0.05) is 4.88 Å². The van der Waals surface area contributed by atoms with Crippen molar-refractivity contribution in [2.45, 2.75) is 26.8 Å². The number of thiophene rings is 1. The summed E-state index contributed by atoms with van der Waals surface area (Å²) in [4.78, 5) is 23.3. The van der Waals surface area contributed by atoms with Crippen LogP contribution in [0.1, 0.15) is 23.8 Å². The molecule has 1 heterocycles. The molecule has 0 radical (unpaired) electrons. The molecule has 2 N–H and O–H groups in total. The van der Waals surface area contributed by atoms with E-state index in [1.807, 2.05) is 18.4 Å². The van der Waals surface area contributed by atoms with E-state index in [4.69, 9.17) is 5.11 Å². The van der Waals surface area contributed by atoms with Crippen molar-refractivity contribution in [2.24, 2.45) is 5.92 Å². The lowest BCUT2D eigenvalue weighted by Crippen LogP contribution is -2.34. The van der Waals surface area contributed by atoms with Crippen molar-refractivity contribution in [1.29, 1.82) is 0 Å². The number of carbonyl (C=O) groups is 2. The van der Waals surface area contributed by atoms with Crippen molar-refractivity contribution in [2.75, 3.05) is 0 Å². The van der Waals surface area contributed by atoms with Gasteiger partial charge in [0.25, 0.3) is 0 Å². The van der Waals surface area contributed by atoms with Crippen molar-refractivity contribution >= 4 is 23.2 Å². The highest BCUT2D eigenvalue weighted by molar-refractivity contribution is 7.10. The van der Waals surface area contributed by atoms with Crippen molar-refractivity contribution in [1.82, 2.24) is 5.32 Å². The molecule has 1 rings (SSSR count). The fourth-order valence-electron chi connectivity index (χ4n) is 1.35. The Morgan fingerprint density at radius 1 is 1.56 bits per heavy atom. The Labute approximate surface area is 98.3 Å². The topological polar surface area (TPSA) is 66.4 Å². The third-order valence-corrected chi connectivity index (χ3v) is 3.44. The summed E-state index contributed by atoms with van der Waals surface area (Å²) in [5, 5.41) is 13.4. The van der Waals surface area contributed by atoms with Crippen LogP contribution in [0.5, 0.6) is 0 Å². The van der Waals surface area contributed by atoms with Gasteiger partial charge in [-0.3, -0.25) is 9.59 Å². The number of nitrogens with one attached hydrogen (secondary N) is 1. The molecule has 0 aliphatic rings.